The fourth-order valence-corrected chi connectivity index (χ4v) is 4.64. The zero-order valence-corrected chi connectivity index (χ0v) is 17.7. The summed E-state index contributed by atoms with van der Waals surface area (Å²) in [5.74, 6) is 1.87. The van der Waals surface area contributed by atoms with Crippen LogP contribution in [-0.2, 0) is 6.54 Å². The lowest BCUT2D eigenvalue weighted by Gasteiger charge is -2.44. The van der Waals surface area contributed by atoms with Crippen molar-refractivity contribution < 1.29 is 9.47 Å². The van der Waals surface area contributed by atoms with Gasteiger partial charge in [-0.15, -0.1) is 0 Å². The Morgan fingerprint density at radius 1 is 0.862 bits per heavy atom. The van der Waals surface area contributed by atoms with Gasteiger partial charge in [0.2, 0.25) is 0 Å². The molecule has 0 bridgehead atoms. The Bertz CT molecular complexity index is 772. The zero-order chi connectivity index (χ0) is 20.1. The quantitative estimate of drug-likeness (QED) is 0.747. The molecular weight excluding hydrogens is 362 g/mol. The largest absolute Gasteiger partial charge is 0.497 e. The number of piperazine rings is 1. The first-order valence-electron chi connectivity index (χ1n) is 10.7. The summed E-state index contributed by atoms with van der Waals surface area (Å²) in [6, 6.07) is 17.6. The van der Waals surface area contributed by atoms with Crippen molar-refractivity contribution >= 4 is 5.69 Å². The highest BCUT2D eigenvalue weighted by atomic mass is 16.5. The predicted molar refractivity (Wildman–Crippen MR) is 118 cm³/mol. The number of hydrogen-bond donors (Lipinski definition) is 0. The molecule has 2 aromatic rings. The van der Waals surface area contributed by atoms with Crippen molar-refractivity contribution in [2.75, 3.05) is 58.4 Å². The summed E-state index contributed by atoms with van der Waals surface area (Å²) in [5.41, 5.74) is 2.64. The van der Waals surface area contributed by atoms with E-state index in [9.17, 15) is 0 Å². The van der Waals surface area contributed by atoms with Crippen LogP contribution in [0.4, 0.5) is 5.69 Å². The smallest absolute Gasteiger partial charge is 0.119 e. The van der Waals surface area contributed by atoms with E-state index in [-0.39, 0.29) is 0 Å². The van der Waals surface area contributed by atoms with E-state index in [4.69, 9.17) is 9.47 Å². The number of anilines is 1. The molecule has 5 heteroatoms. The lowest BCUT2D eigenvalue weighted by atomic mass is 10.0. The molecule has 0 spiro atoms. The highest BCUT2D eigenvalue weighted by molar-refractivity contribution is 5.49. The summed E-state index contributed by atoms with van der Waals surface area (Å²) >= 11 is 0. The second-order valence-corrected chi connectivity index (χ2v) is 8.10. The maximum Gasteiger partial charge on any atom is 0.119 e. The van der Waals surface area contributed by atoms with Crippen molar-refractivity contribution in [3.05, 3.63) is 54.1 Å². The van der Waals surface area contributed by atoms with Gasteiger partial charge in [-0.1, -0.05) is 12.1 Å². The predicted octanol–water partition coefficient (Wildman–Crippen LogP) is 3.49. The average Bonchev–Trinajstić information content (AvgIpc) is 2.79. The van der Waals surface area contributed by atoms with Gasteiger partial charge in [0.15, 0.2) is 0 Å². The topological polar surface area (TPSA) is 28.2 Å². The number of hydrogen-bond acceptors (Lipinski definition) is 5. The van der Waals surface area contributed by atoms with Crippen LogP contribution < -0.4 is 14.4 Å². The van der Waals surface area contributed by atoms with Crippen molar-refractivity contribution in [2.45, 2.75) is 25.4 Å². The molecule has 2 aromatic carbocycles. The van der Waals surface area contributed by atoms with Gasteiger partial charge in [0, 0.05) is 51.0 Å². The number of nitrogens with zero attached hydrogens (tertiary/aromatic N) is 3. The summed E-state index contributed by atoms with van der Waals surface area (Å²) in [7, 11) is 3.46. The molecule has 0 radical (unpaired) electrons. The minimum absolute atomic E-state index is 0.673. The SMILES string of the molecule is COc1ccc(N2CCN([C@@H]3CCCN(Cc4cccc(OC)c4)C3)CC2)cc1. The van der Waals surface area contributed by atoms with Gasteiger partial charge < -0.3 is 14.4 Å². The summed E-state index contributed by atoms with van der Waals surface area (Å²) in [6.07, 6.45) is 2.60. The number of likely N-dealkylation sites (tertiary alicyclic amines) is 1. The van der Waals surface area contributed by atoms with E-state index < -0.39 is 0 Å². The first-order chi connectivity index (χ1) is 14.2. The second kappa shape index (κ2) is 9.51. The van der Waals surface area contributed by atoms with E-state index >= 15 is 0 Å². The average molecular weight is 396 g/mol. The highest BCUT2D eigenvalue weighted by Crippen LogP contribution is 2.24. The molecular formula is C24H33N3O2. The van der Waals surface area contributed by atoms with Gasteiger partial charge >= 0.3 is 0 Å². The molecule has 0 amide bonds. The summed E-state index contributed by atoms with van der Waals surface area (Å²) in [6.45, 7) is 7.85. The molecule has 2 heterocycles. The minimum atomic E-state index is 0.673. The van der Waals surface area contributed by atoms with Crippen molar-refractivity contribution in [3.63, 3.8) is 0 Å². The molecule has 0 aliphatic carbocycles. The summed E-state index contributed by atoms with van der Waals surface area (Å²) in [4.78, 5) is 7.81. The maximum absolute atomic E-state index is 5.38. The Morgan fingerprint density at radius 3 is 2.34 bits per heavy atom. The zero-order valence-electron chi connectivity index (χ0n) is 17.7. The lowest BCUT2D eigenvalue weighted by molar-refractivity contribution is 0.0887. The van der Waals surface area contributed by atoms with Crippen LogP contribution in [0.1, 0.15) is 18.4 Å². The normalized spacial score (nSPS) is 21.2. The lowest BCUT2D eigenvalue weighted by Crippen LogP contribution is -2.55. The van der Waals surface area contributed by atoms with Gasteiger partial charge in [0.05, 0.1) is 14.2 Å². The first-order valence-corrected chi connectivity index (χ1v) is 10.7. The number of rotatable bonds is 6. The van der Waals surface area contributed by atoms with E-state index in [1.807, 2.05) is 6.07 Å². The minimum Gasteiger partial charge on any atom is -0.497 e. The van der Waals surface area contributed by atoms with Gasteiger partial charge in [-0.25, -0.2) is 0 Å². The Labute approximate surface area is 174 Å². The number of piperidine rings is 1. The van der Waals surface area contributed by atoms with Crippen LogP contribution in [0, 0.1) is 0 Å². The number of methoxy groups -OCH3 is 2. The third-order valence-electron chi connectivity index (χ3n) is 6.29. The molecule has 2 aliphatic rings. The van der Waals surface area contributed by atoms with Crippen LogP contribution in [0.25, 0.3) is 0 Å². The second-order valence-electron chi connectivity index (χ2n) is 8.10. The molecule has 0 N–H and O–H groups in total. The molecule has 2 fully saturated rings. The third kappa shape index (κ3) is 5.03. The van der Waals surface area contributed by atoms with E-state index in [1.54, 1.807) is 14.2 Å². The standard InChI is InChI=1S/C24H33N3O2/c1-28-23-10-8-21(9-11-23)26-13-15-27(16-14-26)22-6-4-12-25(19-22)18-20-5-3-7-24(17-20)29-2/h3,5,7-11,17,22H,4,6,12-16,18-19H2,1-2H3/t22-/m1/s1. The van der Waals surface area contributed by atoms with Gasteiger partial charge in [-0.2, -0.15) is 0 Å². The van der Waals surface area contributed by atoms with Gasteiger partial charge in [0.25, 0.3) is 0 Å². The van der Waals surface area contributed by atoms with Gasteiger partial charge in [0.1, 0.15) is 11.5 Å². The molecule has 29 heavy (non-hydrogen) atoms. The Kier molecular flexibility index (Phi) is 6.57. The van der Waals surface area contributed by atoms with Crippen LogP contribution in [0.2, 0.25) is 0 Å². The molecule has 1 atom stereocenters. The van der Waals surface area contributed by atoms with Crippen LogP contribution in [-0.4, -0.2) is 69.3 Å². The molecule has 4 rings (SSSR count). The van der Waals surface area contributed by atoms with Crippen LogP contribution in [0.3, 0.4) is 0 Å². The van der Waals surface area contributed by atoms with E-state index in [2.05, 4.69) is 57.2 Å². The molecule has 0 unspecified atom stereocenters. The van der Waals surface area contributed by atoms with Crippen molar-refractivity contribution in [1.29, 1.82) is 0 Å². The summed E-state index contributed by atoms with van der Waals surface area (Å²) in [5, 5.41) is 0. The van der Waals surface area contributed by atoms with Crippen molar-refractivity contribution in [1.82, 2.24) is 9.80 Å². The van der Waals surface area contributed by atoms with Crippen molar-refractivity contribution in [2.24, 2.45) is 0 Å². The molecule has 156 valence electrons. The Hall–Kier alpha value is -2.24. The number of benzene rings is 2. The van der Waals surface area contributed by atoms with Crippen LogP contribution >= 0.6 is 0 Å². The Morgan fingerprint density at radius 2 is 1.62 bits per heavy atom. The molecule has 0 aromatic heterocycles. The van der Waals surface area contributed by atoms with Crippen LogP contribution in [0.15, 0.2) is 48.5 Å². The molecule has 5 nitrogen and oxygen atoms in total. The van der Waals surface area contributed by atoms with E-state index in [0.29, 0.717) is 6.04 Å². The van der Waals surface area contributed by atoms with E-state index in [0.717, 1.165) is 44.2 Å². The summed E-state index contributed by atoms with van der Waals surface area (Å²) < 4.78 is 10.7. The van der Waals surface area contributed by atoms with Crippen molar-refractivity contribution in [3.8, 4) is 11.5 Å². The van der Waals surface area contributed by atoms with Crippen LogP contribution in [0.5, 0.6) is 11.5 Å². The molecule has 2 aliphatic heterocycles. The third-order valence-corrected chi connectivity index (χ3v) is 6.29. The van der Waals surface area contributed by atoms with Gasteiger partial charge in [-0.3, -0.25) is 9.80 Å². The maximum atomic E-state index is 5.38. The Balaban J connectivity index is 1.30. The number of ether oxygens (including phenoxy) is 2. The highest BCUT2D eigenvalue weighted by Gasteiger charge is 2.28. The fourth-order valence-electron chi connectivity index (χ4n) is 4.64. The van der Waals surface area contributed by atoms with Gasteiger partial charge in [-0.05, 0) is 61.3 Å². The fraction of sp³-hybridized carbons (Fsp3) is 0.500. The first kappa shape index (κ1) is 20.0. The van der Waals surface area contributed by atoms with E-state index in [1.165, 1.54) is 37.2 Å². The molecule has 2 saturated heterocycles. The monoisotopic (exact) mass is 395 g/mol. The molecule has 0 saturated carbocycles.